The molecular weight excluding hydrogens is 218 g/mol. The molecule has 17 heavy (non-hydrogen) atoms. The molecule has 6 heteroatoms. The molecule has 1 aromatic rings. The lowest BCUT2D eigenvalue weighted by Gasteiger charge is -2.09. The van der Waals surface area contributed by atoms with Crippen molar-refractivity contribution in [3.63, 3.8) is 0 Å². The number of rotatable bonds is 4. The zero-order valence-corrected chi connectivity index (χ0v) is 10.1. The third-order valence-electron chi connectivity index (χ3n) is 1.83. The van der Waals surface area contributed by atoms with E-state index in [9.17, 15) is 4.79 Å². The smallest absolute Gasteiger partial charge is 0.239 e. The van der Waals surface area contributed by atoms with Crippen LogP contribution in [0, 0.1) is 18.3 Å². The van der Waals surface area contributed by atoms with Crippen LogP contribution in [0.15, 0.2) is 6.07 Å². The average molecular weight is 233 g/mol. The van der Waals surface area contributed by atoms with Crippen molar-refractivity contribution in [1.29, 1.82) is 5.26 Å². The standard InChI is InChI=1S/C11H15N5O/c1-7(2)14-10(17)6-13-11-15-8(3)4-9(5-12)16-11/h4,7H,6H2,1-3H3,(H,14,17)(H,13,15,16). The highest BCUT2D eigenvalue weighted by Gasteiger charge is 2.05. The minimum atomic E-state index is -0.136. The van der Waals surface area contributed by atoms with Crippen LogP contribution in [0.1, 0.15) is 25.2 Å². The molecule has 90 valence electrons. The number of carbonyl (C=O) groups excluding carboxylic acids is 1. The van der Waals surface area contributed by atoms with Crippen molar-refractivity contribution >= 4 is 11.9 Å². The first kappa shape index (κ1) is 12.9. The van der Waals surface area contributed by atoms with Gasteiger partial charge in [0.05, 0.1) is 6.54 Å². The SMILES string of the molecule is Cc1cc(C#N)nc(NCC(=O)NC(C)C)n1. The van der Waals surface area contributed by atoms with Crippen LogP contribution in [0.3, 0.4) is 0 Å². The molecule has 1 aromatic heterocycles. The fourth-order valence-corrected chi connectivity index (χ4v) is 1.24. The Morgan fingerprint density at radius 2 is 2.24 bits per heavy atom. The van der Waals surface area contributed by atoms with E-state index in [1.165, 1.54) is 0 Å². The summed E-state index contributed by atoms with van der Waals surface area (Å²) < 4.78 is 0. The van der Waals surface area contributed by atoms with E-state index in [0.29, 0.717) is 11.6 Å². The Hall–Kier alpha value is -2.16. The van der Waals surface area contributed by atoms with Gasteiger partial charge in [0.2, 0.25) is 11.9 Å². The van der Waals surface area contributed by atoms with Gasteiger partial charge in [-0.2, -0.15) is 5.26 Å². The maximum Gasteiger partial charge on any atom is 0.239 e. The van der Waals surface area contributed by atoms with Crippen LogP contribution < -0.4 is 10.6 Å². The molecule has 6 nitrogen and oxygen atoms in total. The number of aromatic nitrogens is 2. The number of hydrogen-bond acceptors (Lipinski definition) is 5. The van der Waals surface area contributed by atoms with E-state index in [1.807, 2.05) is 19.9 Å². The number of nitrogens with zero attached hydrogens (tertiary/aromatic N) is 3. The van der Waals surface area contributed by atoms with Crippen molar-refractivity contribution in [2.75, 3.05) is 11.9 Å². The molecule has 0 fully saturated rings. The van der Waals surface area contributed by atoms with Crippen LogP contribution in [0.5, 0.6) is 0 Å². The number of amides is 1. The molecule has 0 aliphatic rings. The van der Waals surface area contributed by atoms with E-state index in [2.05, 4.69) is 20.6 Å². The van der Waals surface area contributed by atoms with Gasteiger partial charge in [0.1, 0.15) is 11.8 Å². The van der Waals surface area contributed by atoms with Gasteiger partial charge in [-0.05, 0) is 26.8 Å². The lowest BCUT2D eigenvalue weighted by atomic mass is 10.3. The van der Waals surface area contributed by atoms with Gasteiger partial charge >= 0.3 is 0 Å². The van der Waals surface area contributed by atoms with Crippen LogP contribution in [0.2, 0.25) is 0 Å². The molecule has 0 atom stereocenters. The molecule has 0 radical (unpaired) electrons. The molecular formula is C11H15N5O. The number of anilines is 1. The summed E-state index contributed by atoms with van der Waals surface area (Å²) in [5.74, 6) is 0.157. The number of aryl methyl sites for hydroxylation is 1. The molecule has 0 aliphatic carbocycles. The normalized spacial score (nSPS) is 9.82. The molecule has 0 spiro atoms. The molecule has 0 unspecified atom stereocenters. The van der Waals surface area contributed by atoms with Crippen LogP contribution in [-0.2, 0) is 4.79 Å². The molecule has 1 rings (SSSR count). The highest BCUT2D eigenvalue weighted by Crippen LogP contribution is 2.03. The van der Waals surface area contributed by atoms with Gasteiger partial charge in [-0.15, -0.1) is 0 Å². The van der Waals surface area contributed by atoms with E-state index in [0.717, 1.165) is 0 Å². The summed E-state index contributed by atoms with van der Waals surface area (Å²) >= 11 is 0. The highest BCUT2D eigenvalue weighted by atomic mass is 16.1. The first-order valence-electron chi connectivity index (χ1n) is 5.30. The Morgan fingerprint density at radius 3 is 2.82 bits per heavy atom. The van der Waals surface area contributed by atoms with Gasteiger partial charge in [0.25, 0.3) is 0 Å². The van der Waals surface area contributed by atoms with Crippen molar-refractivity contribution in [3.8, 4) is 6.07 Å². The predicted octanol–water partition coefficient (Wildman–Crippen LogP) is 0.593. The molecule has 0 saturated carbocycles. The summed E-state index contributed by atoms with van der Waals surface area (Å²) in [6.07, 6.45) is 0. The molecule has 0 saturated heterocycles. The average Bonchev–Trinajstić information content (AvgIpc) is 2.24. The largest absolute Gasteiger partial charge is 0.352 e. The maximum atomic E-state index is 11.4. The minimum Gasteiger partial charge on any atom is -0.352 e. The Bertz CT molecular complexity index is 450. The second kappa shape index (κ2) is 5.80. The fourth-order valence-electron chi connectivity index (χ4n) is 1.24. The van der Waals surface area contributed by atoms with Crippen LogP contribution >= 0.6 is 0 Å². The Morgan fingerprint density at radius 1 is 1.53 bits per heavy atom. The van der Waals surface area contributed by atoms with Crippen LogP contribution in [0.25, 0.3) is 0 Å². The molecule has 1 amide bonds. The number of nitrogens with one attached hydrogen (secondary N) is 2. The summed E-state index contributed by atoms with van der Waals surface area (Å²) in [6.45, 7) is 5.62. The number of nitriles is 1. The van der Waals surface area contributed by atoms with Crippen molar-refractivity contribution in [2.24, 2.45) is 0 Å². The van der Waals surface area contributed by atoms with E-state index in [-0.39, 0.29) is 24.2 Å². The minimum absolute atomic E-state index is 0.0898. The first-order valence-corrected chi connectivity index (χ1v) is 5.30. The van der Waals surface area contributed by atoms with Gasteiger partial charge in [-0.3, -0.25) is 4.79 Å². The summed E-state index contributed by atoms with van der Waals surface area (Å²) in [5.41, 5.74) is 0.965. The third kappa shape index (κ3) is 4.47. The summed E-state index contributed by atoms with van der Waals surface area (Å²) in [6, 6.07) is 3.61. The van der Waals surface area contributed by atoms with Crippen molar-refractivity contribution in [1.82, 2.24) is 15.3 Å². The van der Waals surface area contributed by atoms with Gasteiger partial charge < -0.3 is 10.6 Å². The van der Waals surface area contributed by atoms with Crippen LogP contribution in [-0.4, -0.2) is 28.5 Å². The first-order chi connectivity index (χ1) is 8.01. The van der Waals surface area contributed by atoms with E-state index in [1.54, 1.807) is 13.0 Å². The van der Waals surface area contributed by atoms with Crippen LogP contribution in [0.4, 0.5) is 5.95 Å². The summed E-state index contributed by atoms with van der Waals surface area (Å²) in [4.78, 5) is 19.4. The summed E-state index contributed by atoms with van der Waals surface area (Å²) in [7, 11) is 0. The zero-order valence-electron chi connectivity index (χ0n) is 10.1. The van der Waals surface area contributed by atoms with E-state index < -0.39 is 0 Å². The van der Waals surface area contributed by atoms with E-state index >= 15 is 0 Å². The van der Waals surface area contributed by atoms with E-state index in [4.69, 9.17) is 5.26 Å². The topological polar surface area (TPSA) is 90.7 Å². The quantitative estimate of drug-likeness (QED) is 0.794. The van der Waals surface area contributed by atoms with Gasteiger partial charge in [0.15, 0.2) is 0 Å². The fraction of sp³-hybridized carbons (Fsp3) is 0.455. The number of carbonyl (C=O) groups is 1. The van der Waals surface area contributed by atoms with Gasteiger partial charge in [-0.1, -0.05) is 0 Å². The third-order valence-corrected chi connectivity index (χ3v) is 1.83. The molecule has 0 bridgehead atoms. The monoisotopic (exact) mass is 233 g/mol. The molecule has 0 aromatic carbocycles. The highest BCUT2D eigenvalue weighted by molar-refractivity contribution is 5.80. The van der Waals surface area contributed by atoms with Crippen molar-refractivity contribution in [2.45, 2.75) is 26.8 Å². The second-order valence-electron chi connectivity index (χ2n) is 3.91. The number of hydrogen-bond donors (Lipinski definition) is 2. The predicted molar refractivity (Wildman–Crippen MR) is 63.3 cm³/mol. The summed E-state index contributed by atoms with van der Waals surface area (Å²) in [5, 5.41) is 14.2. The second-order valence-corrected chi connectivity index (χ2v) is 3.91. The lowest BCUT2D eigenvalue weighted by molar-refractivity contribution is -0.119. The van der Waals surface area contributed by atoms with Gasteiger partial charge in [-0.25, -0.2) is 9.97 Å². The van der Waals surface area contributed by atoms with Crippen molar-refractivity contribution in [3.05, 3.63) is 17.5 Å². The van der Waals surface area contributed by atoms with Gasteiger partial charge in [0, 0.05) is 11.7 Å². The Kier molecular flexibility index (Phi) is 4.40. The molecule has 2 N–H and O–H groups in total. The molecule has 0 aliphatic heterocycles. The molecule has 1 heterocycles. The lowest BCUT2D eigenvalue weighted by Crippen LogP contribution is -2.35. The zero-order chi connectivity index (χ0) is 12.8. The Balaban J connectivity index is 2.61. The maximum absolute atomic E-state index is 11.4. The Labute approximate surface area is 100 Å². The van der Waals surface area contributed by atoms with Crippen molar-refractivity contribution < 1.29 is 4.79 Å².